The number of aliphatic hydroxyl groups is 1. The van der Waals surface area contributed by atoms with Gasteiger partial charge in [0.1, 0.15) is 0 Å². The molecule has 2 rings (SSSR count). The summed E-state index contributed by atoms with van der Waals surface area (Å²) >= 11 is 0. The van der Waals surface area contributed by atoms with Gasteiger partial charge in [-0.2, -0.15) is 0 Å². The highest BCUT2D eigenvalue weighted by atomic mass is 16.6. The van der Waals surface area contributed by atoms with Gasteiger partial charge in [-0.1, -0.05) is 40.5 Å². The lowest BCUT2D eigenvalue weighted by atomic mass is 9.63. The van der Waals surface area contributed by atoms with Gasteiger partial charge in [0, 0.05) is 0 Å². The molecule has 2 bridgehead atoms. The molecular weight excluding hydrogens is 236 g/mol. The number of fused-ring (bicyclic) bond motifs is 2. The van der Waals surface area contributed by atoms with Crippen molar-refractivity contribution in [3.8, 4) is 0 Å². The van der Waals surface area contributed by atoms with Gasteiger partial charge in [0.25, 0.3) is 0 Å². The molecule has 0 aromatic rings. The molecule has 19 heavy (non-hydrogen) atoms. The zero-order valence-corrected chi connectivity index (χ0v) is 13.3. The summed E-state index contributed by atoms with van der Waals surface area (Å²) in [4.78, 5) is 0. The highest BCUT2D eigenvalue weighted by Gasteiger charge is 2.55. The Bertz CT molecular complexity index is 296. The maximum atomic E-state index is 10.1. The van der Waals surface area contributed by atoms with Gasteiger partial charge in [0.05, 0.1) is 5.60 Å². The Kier molecular flexibility index (Phi) is 4.32. The summed E-state index contributed by atoms with van der Waals surface area (Å²) in [7, 11) is 0. The van der Waals surface area contributed by atoms with Crippen molar-refractivity contribution in [3.05, 3.63) is 0 Å². The Hall–Kier alpha value is -0.0800. The second kappa shape index (κ2) is 5.37. The van der Waals surface area contributed by atoms with E-state index in [1.807, 2.05) is 0 Å². The molecule has 2 aliphatic carbocycles. The number of aliphatic hydroxyl groups excluding tert-OH is 1. The number of rotatable bonds is 6. The molecule has 2 nitrogen and oxygen atoms in total. The maximum absolute atomic E-state index is 10.1. The first-order chi connectivity index (χ1) is 8.84. The Labute approximate surface area is 118 Å². The first-order valence-corrected chi connectivity index (χ1v) is 8.20. The van der Waals surface area contributed by atoms with E-state index in [-0.39, 0.29) is 5.60 Å². The van der Waals surface area contributed by atoms with Gasteiger partial charge in [-0.05, 0) is 55.8 Å². The monoisotopic (exact) mass is 268 g/mol. The van der Waals surface area contributed by atoms with Crippen LogP contribution >= 0.6 is 0 Å². The van der Waals surface area contributed by atoms with E-state index in [1.54, 1.807) is 0 Å². The number of ether oxygens (including phenoxy) is 1. The Morgan fingerprint density at radius 2 is 1.58 bits per heavy atom. The van der Waals surface area contributed by atoms with Crippen molar-refractivity contribution in [1.29, 1.82) is 0 Å². The molecule has 0 radical (unpaired) electrons. The molecule has 0 aliphatic heterocycles. The van der Waals surface area contributed by atoms with Crippen molar-refractivity contribution in [1.82, 2.24) is 0 Å². The third-order valence-corrected chi connectivity index (χ3v) is 5.31. The molecular formula is C17H32O2. The lowest BCUT2D eigenvalue weighted by Crippen LogP contribution is -2.47. The molecule has 0 spiro atoms. The van der Waals surface area contributed by atoms with Crippen molar-refractivity contribution in [2.24, 2.45) is 10.8 Å². The fourth-order valence-electron chi connectivity index (χ4n) is 5.10. The third kappa shape index (κ3) is 3.33. The van der Waals surface area contributed by atoms with Crippen LogP contribution in [0.1, 0.15) is 85.5 Å². The van der Waals surface area contributed by atoms with E-state index in [4.69, 9.17) is 4.74 Å². The van der Waals surface area contributed by atoms with Crippen molar-refractivity contribution in [2.45, 2.75) is 97.4 Å². The lowest BCUT2D eigenvalue weighted by Gasteiger charge is -2.49. The molecule has 2 fully saturated rings. The second-order valence-corrected chi connectivity index (χ2v) is 7.95. The van der Waals surface area contributed by atoms with Crippen LogP contribution in [-0.2, 0) is 4.74 Å². The quantitative estimate of drug-likeness (QED) is 0.710. The van der Waals surface area contributed by atoms with Crippen LogP contribution in [0.25, 0.3) is 0 Å². The second-order valence-electron chi connectivity index (χ2n) is 7.95. The van der Waals surface area contributed by atoms with Crippen LogP contribution in [0.15, 0.2) is 0 Å². The van der Waals surface area contributed by atoms with Crippen molar-refractivity contribution in [3.63, 3.8) is 0 Å². The summed E-state index contributed by atoms with van der Waals surface area (Å²) in [6, 6.07) is 0. The van der Waals surface area contributed by atoms with E-state index in [0.717, 1.165) is 38.5 Å². The van der Waals surface area contributed by atoms with Crippen LogP contribution in [0.3, 0.4) is 0 Å². The predicted octanol–water partition coefficient (Wildman–Crippen LogP) is 4.65. The summed E-state index contributed by atoms with van der Waals surface area (Å²) in [5.74, 6) is 0. The largest absolute Gasteiger partial charge is 0.368 e. The Morgan fingerprint density at radius 1 is 1.00 bits per heavy atom. The molecule has 3 atom stereocenters. The summed E-state index contributed by atoms with van der Waals surface area (Å²) in [5.41, 5.74) is 0.809. The number of hydrogen-bond donors (Lipinski definition) is 1. The first-order valence-electron chi connectivity index (χ1n) is 8.20. The van der Waals surface area contributed by atoms with E-state index in [9.17, 15) is 5.11 Å². The summed E-state index contributed by atoms with van der Waals surface area (Å²) in [6.07, 6.45) is 9.72. The minimum atomic E-state index is -0.568. The van der Waals surface area contributed by atoms with E-state index in [0.29, 0.717) is 10.8 Å². The van der Waals surface area contributed by atoms with E-state index in [1.165, 1.54) is 19.3 Å². The maximum Gasteiger partial charge on any atom is 0.155 e. The Morgan fingerprint density at radius 3 is 2.05 bits per heavy atom. The first kappa shape index (κ1) is 15.3. The van der Waals surface area contributed by atoms with Crippen LogP contribution in [0.4, 0.5) is 0 Å². The minimum absolute atomic E-state index is 0.0679. The Balaban J connectivity index is 2.15. The molecule has 0 amide bonds. The normalized spacial score (nSPS) is 43.4. The van der Waals surface area contributed by atoms with Crippen molar-refractivity contribution >= 4 is 0 Å². The molecule has 3 unspecified atom stereocenters. The highest BCUT2D eigenvalue weighted by molar-refractivity contribution is 5.06. The van der Waals surface area contributed by atoms with Crippen molar-refractivity contribution < 1.29 is 9.84 Å². The van der Waals surface area contributed by atoms with Gasteiger partial charge in [-0.25, -0.2) is 0 Å². The van der Waals surface area contributed by atoms with Gasteiger partial charge >= 0.3 is 0 Å². The van der Waals surface area contributed by atoms with Crippen LogP contribution in [0, 0.1) is 10.8 Å². The molecule has 0 aromatic heterocycles. The lowest BCUT2D eigenvalue weighted by molar-refractivity contribution is -0.222. The highest BCUT2D eigenvalue weighted by Crippen LogP contribution is 2.62. The fraction of sp³-hybridized carbons (Fsp3) is 1.00. The molecule has 2 heteroatoms. The molecule has 2 saturated carbocycles. The van der Waals surface area contributed by atoms with E-state index in [2.05, 4.69) is 27.7 Å². The van der Waals surface area contributed by atoms with Gasteiger partial charge in [0.15, 0.2) is 6.29 Å². The zero-order valence-electron chi connectivity index (χ0n) is 13.3. The van der Waals surface area contributed by atoms with E-state index < -0.39 is 6.29 Å². The SMILES string of the molecule is CCCC(O)OC1(CCC)CC2(C)CCC(C)(C2)C1. The molecule has 112 valence electrons. The summed E-state index contributed by atoms with van der Waals surface area (Å²) in [5, 5.41) is 10.1. The summed E-state index contributed by atoms with van der Waals surface area (Å²) < 4.78 is 6.23. The molecule has 0 heterocycles. The minimum Gasteiger partial charge on any atom is -0.368 e. The topological polar surface area (TPSA) is 29.5 Å². The van der Waals surface area contributed by atoms with Gasteiger partial charge in [0.2, 0.25) is 0 Å². The molecule has 0 aromatic carbocycles. The van der Waals surface area contributed by atoms with Crippen LogP contribution in [0.2, 0.25) is 0 Å². The summed E-state index contributed by atoms with van der Waals surface area (Å²) in [6.45, 7) is 9.19. The van der Waals surface area contributed by atoms with Crippen LogP contribution in [-0.4, -0.2) is 17.0 Å². The van der Waals surface area contributed by atoms with Crippen LogP contribution in [0.5, 0.6) is 0 Å². The molecule has 0 saturated heterocycles. The average molecular weight is 268 g/mol. The fourth-order valence-corrected chi connectivity index (χ4v) is 5.10. The smallest absolute Gasteiger partial charge is 0.155 e. The predicted molar refractivity (Wildman–Crippen MR) is 78.9 cm³/mol. The van der Waals surface area contributed by atoms with Gasteiger partial charge in [-0.3, -0.25) is 0 Å². The zero-order chi connectivity index (χ0) is 14.1. The molecule has 2 aliphatic rings. The van der Waals surface area contributed by atoms with E-state index >= 15 is 0 Å². The van der Waals surface area contributed by atoms with Gasteiger partial charge < -0.3 is 9.84 Å². The number of hydrogen-bond acceptors (Lipinski definition) is 2. The van der Waals surface area contributed by atoms with Gasteiger partial charge in [-0.15, -0.1) is 0 Å². The molecule has 1 N–H and O–H groups in total. The van der Waals surface area contributed by atoms with Crippen molar-refractivity contribution in [2.75, 3.05) is 0 Å². The standard InChI is InChI=1S/C17H32O2/c1-5-7-14(18)19-17(8-6-2)12-15(3)9-10-16(4,11-15)13-17/h14,18H,5-13H2,1-4H3. The van der Waals surface area contributed by atoms with Crippen LogP contribution < -0.4 is 0 Å². The average Bonchev–Trinajstić information content (AvgIpc) is 2.48. The third-order valence-electron chi connectivity index (χ3n) is 5.31.